The summed E-state index contributed by atoms with van der Waals surface area (Å²) in [6.45, 7) is 7.51. The van der Waals surface area contributed by atoms with Crippen LogP contribution < -0.4 is 5.32 Å². The molecule has 1 N–H and O–H groups in total. The Labute approximate surface area is 116 Å². The molecule has 2 bridgehead atoms. The van der Waals surface area contributed by atoms with E-state index < -0.39 is 0 Å². The third kappa shape index (κ3) is 2.31. The fourth-order valence-corrected chi connectivity index (χ4v) is 4.43. The minimum atomic E-state index is 0.443. The largest absolute Gasteiger partial charge is 0.316 e. The number of nitrogens with one attached hydrogen (secondary N) is 1. The molecule has 1 aromatic heterocycles. The summed E-state index contributed by atoms with van der Waals surface area (Å²) in [7, 11) is 0. The van der Waals surface area contributed by atoms with Crippen molar-refractivity contribution in [1.82, 2.24) is 20.1 Å². The van der Waals surface area contributed by atoms with Gasteiger partial charge in [0.2, 0.25) is 0 Å². The molecule has 2 aliphatic carbocycles. The number of hydrogen-bond donors (Lipinski definition) is 1. The van der Waals surface area contributed by atoms with Gasteiger partial charge in [-0.05, 0) is 50.0 Å². The van der Waals surface area contributed by atoms with E-state index in [0.29, 0.717) is 5.41 Å². The molecule has 0 aliphatic heterocycles. The molecule has 2 aliphatic rings. The zero-order valence-electron chi connectivity index (χ0n) is 12.2. The quantitative estimate of drug-likeness (QED) is 0.855. The van der Waals surface area contributed by atoms with E-state index in [-0.39, 0.29) is 0 Å². The smallest absolute Gasteiger partial charge is 0.138 e. The van der Waals surface area contributed by atoms with Crippen LogP contribution in [0.3, 0.4) is 0 Å². The molecule has 4 nitrogen and oxygen atoms in total. The molecular formula is C15H26N4. The number of rotatable bonds is 6. The molecule has 1 heterocycles. The minimum absolute atomic E-state index is 0.443. The predicted molar refractivity (Wildman–Crippen MR) is 75.8 cm³/mol. The van der Waals surface area contributed by atoms with Gasteiger partial charge in [0.05, 0.1) is 0 Å². The molecule has 0 spiro atoms. The van der Waals surface area contributed by atoms with Gasteiger partial charge < -0.3 is 5.32 Å². The van der Waals surface area contributed by atoms with Crippen LogP contribution in [0, 0.1) is 17.3 Å². The molecule has 3 unspecified atom stereocenters. The molecule has 2 fully saturated rings. The molecule has 0 amide bonds. The first kappa shape index (κ1) is 13.1. The Hall–Kier alpha value is -0.900. The Morgan fingerprint density at radius 3 is 2.95 bits per heavy atom. The van der Waals surface area contributed by atoms with Crippen LogP contribution in [-0.4, -0.2) is 27.9 Å². The fraction of sp³-hybridized carbons (Fsp3) is 0.867. The topological polar surface area (TPSA) is 42.7 Å². The van der Waals surface area contributed by atoms with Crippen molar-refractivity contribution in [2.75, 3.05) is 13.1 Å². The molecular weight excluding hydrogens is 236 g/mol. The standard InChI is InChI=1S/C15H26N4/c1-3-16-10-15(8-12-5-6-13(15)7-12)9-14-17-11-18-19(14)4-2/h11-13,16H,3-10H2,1-2H3. The Kier molecular flexibility index (Phi) is 3.61. The number of aryl methyl sites for hydroxylation is 1. The van der Waals surface area contributed by atoms with Crippen LogP contribution in [0.15, 0.2) is 6.33 Å². The second-order valence-electron chi connectivity index (χ2n) is 6.39. The van der Waals surface area contributed by atoms with Crippen LogP contribution in [0.25, 0.3) is 0 Å². The highest BCUT2D eigenvalue weighted by molar-refractivity contribution is 5.06. The minimum Gasteiger partial charge on any atom is -0.316 e. The summed E-state index contributed by atoms with van der Waals surface area (Å²) in [6.07, 6.45) is 8.55. The Balaban J connectivity index is 1.80. The van der Waals surface area contributed by atoms with Gasteiger partial charge in [0.25, 0.3) is 0 Å². The zero-order valence-corrected chi connectivity index (χ0v) is 12.2. The lowest BCUT2D eigenvalue weighted by Gasteiger charge is -2.38. The number of hydrogen-bond acceptors (Lipinski definition) is 3. The fourth-order valence-electron chi connectivity index (χ4n) is 4.43. The first-order valence-electron chi connectivity index (χ1n) is 7.85. The average Bonchev–Trinajstić information content (AvgIpc) is 3.11. The summed E-state index contributed by atoms with van der Waals surface area (Å²) in [4.78, 5) is 4.51. The van der Waals surface area contributed by atoms with Gasteiger partial charge >= 0.3 is 0 Å². The summed E-state index contributed by atoms with van der Waals surface area (Å²) < 4.78 is 2.07. The van der Waals surface area contributed by atoms with E-state index in [1.807, 2.05) is 0 Å². The lowest BCUT2D eigenvalue weighted by molar-refractivity contribution is 0.152. The summed E-state index contributed by atoms with van der Waals surface area (Å²) in [5, 5.41) is 7.94. The van der Waals surface area contributed by atoms with Gasteiger partial charge in [-0.15, -0.1) is 0 Å². The number of fused-ring (bicyclic) bond motifs is 2. The molecule has 3 atom stereocenters. The van der Waals surface area contributed by atoms with Crippen LogP contribution in [0.5, 0.6) is 0 Å². The van der Waals surface area contributed by atoms with Gasteiger partial charge in [-0.3, -0.25) is 4.68 Å². The molecule has 3 rings (SSSR count). The first-order valence-corrected chi connectivity index (χ1v) is 7.85. The van der Waals surface area contributed by atoms with Gasteiger partial charge in [0, 0.05) is 19.5 Å². The van der Waals surface area contributed by atoms with Gasteiger partial charge in [-0.1, -0.05) is 13.3 Å². The lowest BCUT2D eigenvalue weighted by Crippen LogP contribution is -2.41. The van der Waals surface area contributed by atoms with Crippen molar-refractivity contribution in [3.63, 3.8) is 0 Å². The summed E-state index contributed by atoms with van der Waals surface area (Å²) in [5.74, 6) is 3.06. The SMILES string of the molecule is CCNCC1(Cc2ncnn2CC)CC2CCC1C2. The van der Waals surface area contributed by atoms with Crippen LogP contribution >= 0.6 is 0 Å². The third-order valence-corrected chi connectivity index (χ3v) is 5.33. The van der Waals surface area contributed by atoms with E-state index in [2.05, 4.69) is 33.9 Å². The summed E-state index contributed by atoms with van der Waals surface area (Å²) in [5.41, 5.74) is 0.443. The molecule has 4 heteroatoms. The Morgan fingerprint density at radius 1 is 1.42 bits per heavy atom. The summed E-state index contributed by atoms with van der Waals surface area (Å²) in [6, 6.07) is 0. The van der Waals surface area contributed by atoms with Gasteiger partial charge in [-0.2, -0.15) is 5.10 Å². The van der Waals surface area contributed by atoms with Crippen molar-refractivity contribution in [3.05, 3.63) is 12.2 Å². The van der Waals surface area contributed by atoms with E-state index in [0.717, 1.165) is 37.9 Å². The molecule has 2 saturated carbocycles. The highest BCUT2D eigenvalue weighted by Gasteiger charge is 2.50. The molecule has 0 aromatic carbocycles. The van der Waals surface area contributed by atoms with Crippen molar-refractivity contribution in [3.8, 4) is 0 Å². The normalized spacial score (nSPS) is 33.2. The molecule has 0 saturated heterocycles. The molecule has 0 radical (unpaired) electrons. The van der Waals surface area contributed by atoms with Crippen molar-refractivity contribution in [2.45, 2.75) is 52.5 Å². The lowest BCUT2D eigenvalue weighted by atomic mass is 9.70. The van der Waals surface area contributed by atoms with Crippen LogP contribution in [0.1, 0.15) is 45.4 Å². The van der Waals surface area contributed by atoms with Gasteiger partial charge in [0.1, 0.15) is 12.2 Å². The van der Waals surface area contributed by atoms with E-state index in [1.54, 1.807) is 6.33 Å². The maximum atomic E-state index is 4.51. The molecule has 19 heavy (non-hydrogen) atoms. The van der Waals surface area contributed by atoms with Gasteiger partial charge in [0.15, 0.2) is 0 Å². The van der Waals surface area contributed by atoms with Crippen molar-refractivity contribution < 1.29 is 0 Å². The van der Waals surface area contributed by atoms with Gasteiger partial charge in [-0.25, -0.2) is 4.98 Å². The number of nitrogens with zero attached hydrogens (tertiary/aromatic N) is 3. The predicted octanol–water partition coefficient (Wildman–Crippen LogP) is 2.26. The first-order chi connectivity index (χ1) is 9.27. The third-order valence-electron chi connectivity index (χ3n) is 5.33. The maximum absolute atomic E-state index is 4.51. The molecule has 1 aromatic rings. The van der Waals surface area contributed by atoms with E-state index >= 15 is 0 Å². The van der Waals surface area contributed by atoms with Crippen molar-refractivity contribution in [1.29, 1.82) is 0 Å². The number of aromatic nitrogens is 3. The van der Waals surface area contributed by atoms with Crippen LogP contribution in [0.4, 0.5) is 0 Å². The van der Waals surface area contributed by atoms with Crippen LogP contribution in [0.2, 0.25) is 0 Å². The van der Waals surface area contributed by atoms with E-state index in [9.17, 15) is 0 Å². The second kappa shape index (κ2) is 5.23. The van der Waals surface area contributed by atoms with Crippen molar-refractivity contribution >= 4 is 0 Å². The van der Waals surface area contributed by atoms with Crippen molar-refractivity contribution in [2.24, 2.45) is 17.3 Å². The van der Waals surface area contributed by atoms with E-state index in [4.69, 9.17) is 0 Å². The Morgan fingerprint density at radius 2 is 2.32 bits per heavy atom. The average molecular weight is 262 g/mol. The Bertz CT molecular complexity index is 428. The summed E-state index contributed by atoms with van der Waals surface area (Å²) >= 11 is 0. The zero-order chi connectivity index (χ0) is 13.3. The maximum Gasteiger partial charge on any atom is 0.138 e. The monoisotopic (exact) mass is 262 g/mol. The van der Waals surface area contributed by atoms with Crippen LogP contribution in [-0.2, 0) is 13.0 Å². The second-order valence-corrected chi connectivity index (χ2v) is 6.39. The highest BCUT2D eigenvalue weighted by atomic mass is 15.3. The van der Waals surface area contributed by atoms with E-state index in [1.165, 1.54) is 31.5 Å². The molecule has 106 valence electrons. The highest BCUT2D eigenvalue weighted by Crippen LogP contribution is 2.56.